The molecule has 0 bridgehead atoms. The first-order valence-corrected chi connectivity index (χ1v) is 19.6. The molecule has 0 saturated heterocycles. The number of hydrogen-bond acceptors (Lipinski definition) is 1. The maximum Gasteiger partial charge on any atom is 0.0467 e. The Morgan fingerprint density at radius 1 is 0.321 bits per heavy atom. The van der Waals surface area contributed by atoms with E-state index >= 15 is 0 Å². The summed E-state index contributed by atoms with van der Waals surface area (Å²) in [6, 6.07) is 74.0. The van der Waals surface area contributed by atoms with Crippen LogP contribution in [0.3, 0.4) is 0 Å². The van der Waals surface area contributed by atoms with Gasteiger partial charge in [-0.1, -0.05) is 166 Å². The average Bonchev–Trinajstić information content (AvgIpc) is 3.48. The summed E-state index contributed by atoms with van der Waals surface area (Å²) >= 11 is 0. The fraction of sp³-hybridized carbons (Fsp3) is 0.0545. The van der Waals surface area contributed by atoms with Crippen molar-refractivity contribution in [2.24, 2.45) is 0 Å². The average molecular weight is 714 g/mol. The minimum Gasteiger partial charge on any atom is -0.310 e. The second-order valence-electron chi connectivity index (χ2n) is 15.7. The van der Waals surface area contributed by atoms with E-state index in [-0.39, 0.29) is 5.41 Å². The van der Waals surface area contributed by atoms with Crippen molar-refractivity contribution in [2.75, 3.05) is 4.90 Å². The smallest absolute Gasteiger partial charge is 0.0467 e. The van der Waals surface area contributed by atoms with Gasteiger partial charge in [0.25, 0.3) is 0 Å². The molecule has 10 aromatic carbocycles. The van der Waals surface area contributed by atoms with E-state index < -0.39 is 0 Å². The normalized spacial score (nSPS) is 13.0. The van der Waals surface area contributed by atoms with Crippen LogP contribution in [-0.2, 0) is 5.41 Å². The molecule has 0 unspecified atom stereocenters. The van der Waals surface area contributed by atoms with Gasteiger partial charge >= 0.3 is 0 Å². The van der Waals surface area contributed by atoms with Gasteiger partial charge in [-0.2, -0.15) is 0 Å². The van der Waals surface area contributed by atoms with Gasteiger partial charge in [0.05, 0.1) is 0 Å². The summed E-state index contributed by atoms with van der Waals surface area (Å²) in [5.41, 5.74) is 13.5. The van der Waals surface area contributed by atoms with Crippen LogP contribution in [0.15, 0.2) is 200 Å². The summed E-state index contributed by atoms with van der Waals surface area (Å²) in [5.74, 6) is 0. The SMILES string of the molecule is CC1(C)c2ccccc2-c2ccc(N(c3ccc(-c4cc5ccccc5c5c4ccc4ccccc45)cc3)c3cccc(-c4ccc5ccccc5c4)c3)cc21. The predicted octanol–water partition coefficient (Wildman–Crippen LogP) is 15.4. The highest BCUT2D eigenvalue weighted by atomic mass is 15.1. The highest BCUT2D eigenvalue weighted by molar-refractivity contribution is 6.24. The van der Waals surface area contributed by atoms with Gasteiger partial charge < -0.3 is 4.90 Å². The van der Waals surface area contributed by atoms with Crippen LogP contribution in [0.2, 0.25) is 0 Å². The van der Waals surface area contributed by atoms with Gasteiger partial charge in [-0.25, -0.2) is 0 Å². The number of nitrogens with zero attached hydrogens (tertiary/aromatic N) is 1. The first kappa shape index (κ1) is 32.5. The van der Waals surface area contributed by atoms with Gasteiger partial charge in [0.1, 0.15) is 0 Å². The second kappa shape index (κ2) is 12.5. The lowest BCUT2D eigenvalue weighted by Crippen LogP contribution is -2.16. The third kappa shape index (κ3) is 5.08. The Kier molecular flexibility index (Phi) is 7.28. The maximum absolute atomic E-state index is 2.43. The molecule has 1 nitrogen and oxygen atoms in total. The third-order valence-corrected chi connectivity index (χ3v) is 12.2. The molecule has 56 heavy (non-hydrogen) atoms. The molecule has 0 heterocycles. The predicted molar refractivity (Wildman–Crippen MR) is 240 cm³/mol. The van der Waals surface area contributed by atoms with E-state index in [2.05, 4.69) is 219 Å². The number of anilines is 3. The van der Waals surface area contributed by atoms with Crippen LogP contribution in [0, 0.1) is 0 Å². The van der Waals surface area contributed by atoms with Crippen LogP contribution in [-0.4, -0.2) is 0 Å². The molecule has 10 aromatic rings. The van der Waals surface area contributed by atoms with Crippen molar-refractivity contribution >= 4 is 60.2 Å². The minimum atomic E-state index is -0.105. The highest BCUT2D eigenvalue weighted by Crippen LogP contribution is 2.51. The standard InChI is InChI=1S/C55H39N/c1-55(2)52-21-10-9-20-48(52)49-31-29-45(35-53(49)55)56(44-17-11-16-40(33-44)41-23-22-36-12-3-4-14-39(36)32-41)43-27-24-38(25-28-43)51-34-42-15-6-8-19-47(42)54-46-18-7-5-13-37(46)26-30-50(51)54/h3-35H,1-2H3. The Hall–Kier alpha value is -6.96. The fourth-order valence-electron chi connectivity index (χ4n) is 9.37. The van der Waals surface area contributed by atoms with Crippen molar-refractivity contribution in [3.63, 3.8) is 0 Å². The molecular formula is C55H39N. The zero-order chi connectivity index (χ0) is 37.4. The molecule has 0 saturated carbocycles. The first-order valence-electron chi connectivity index (χ1n) is 19.6. The van der Waals surface area contributed by atoms with E-state index in [1.165, 1.54) is 87.6 Å². The zero-order valence-corrected chi connectivity index (χ0v) is 31.5. The molecular weight excluding hydrogens is 675 g/mol. The summed E-state index contributed by atoms with van der Waals surface area (Å²) < 4.78 is 0. The van der Waals surface area contributed by atoms with Crippen LogP contribution >= 0.6 is 0 Å². The minimum absolute atomic E-state index is 0.105. The lowest BCUT2D eigenvalue weighted by molar-refractivity contribution is 0.660. The molecule has 1 aliphatic rings. The summed E-state index contributed by atoms with van der Waals surface area (Å²) in [6.45, 7) is 4.72. The number of fused-ring (bicyclic) bond motifs is 9. The molecule has 264 valence electrons. The van der Waals surface area contributed by atoms with E-state index in [0.717, 1.165) is 17.1 Å². The molecule has 0 N–H and O–H groups in total. The summed E-state index contributed by atoms with van der Waals surface area (Å²) in [6.07, 6.45) is 0. The topological polar surface area (TPSA) is 3.24 Å². The second-order valence-corrected chi connectivity index (χ2v) is 15.7. The van der Waals surface area contributed by atoms with Crippen LogP contribution in [0.4, 0.5) is 17.1 Å². The molecule has 1 heteroatoms. The number of benzene rings is 10. The lowest BCUT2D eigenvalue weighted by atomic mass is 9.82. The van der Waals surface area contributed by atoms with E-state index in [1.807, 2.05) is 0 Å². The summed E-state index contributed by atoms with van der Waals surface area (Å²) in [7, 11) is 0. The molecule has 0 amide bonds. The van der Waals surface area contributed by atoms with Crippen molar-refractivity contribution in [1.29, 1.82) is 0 Å². The molecule has 0 aliphatic heterocycles. The van der Waals surface area contributed by atoms with E-state index in [1.54, 1.807) is 0 Å². The third-order valence-electron chi connectivity index (χ3n) is 12.2. The largest absolute Gasteiger partial charge is 0.310 e. The Morgan fingerprint density at radius 2 is 0.929 bits per heavy atom. The molecule has 0 aromatic heterocycles. The molecule has 11 rings (SSSR count). The Morgan fingerprint density at radius 3 is 1.77 bits per heavy atom. The van der Waals surface area contributed by atoms with Crippen molar-refractivity contribution in [3.05, 3.63) is 211 Å². The molecule has 0 fully saturated rings. The lowest BCUT2D eigenvalue weighted by Gasteiger charge is -2.28. The Balaban J connectivity index is 1.08. The molecule has 0 atom stereocenters. The number of hydrogen-bond donors (Lipinski definition) is 0. The van der Waals surface area contributed by atoms with Gasteiger partial charge in [0, 0.05) is 22.5 Å². The monoisotopic (exact) mass is 713 g/mol. The van der Waals surface area contributed by atoms with Gasteiger partial charge in [-0.05, 0) is 136 Å². The number of rotatable bonds is 5. The Bertz CT molecular complexity index is 3150. The van der Waals surface area contributed by atoms with E-state index in [4.69, 9.17) is 0 Å². The van der Waals surface area contributed by atoms with Gasteiger partial charge in [0.15, 0.2) is 0 Å². The van der Waals surface area contributed by atoms with Crippen molar-refractivity contribution < 1.29 is 0 Å². The first-order chi connectivity index (χ1) is 27.5. The summed E-state index contributed by atoms with van der Waals surface area (Å²) in [5, 5.41) is 10.2. The van der Waals surface area contributed by atoms with Crippen molar-refractivity contribution in [3.8, 4) is 33.4 Å². The van der Waals surface area contributed by atoms with Crippen LogP contribution < -0.4 is 4.90 Å². The molecule has 1 aliphatic carbocycles. The van der Waals surface area contributed by atoms with Crippen molar-refractivity contribution in [2.45, 2.75) is 19.3 Å². The quantitative estimate of drug-likeness (QED) is 0.161. The maximum atomic E-state index is 2.43. The summed E-state index contributed by atoms with van der Waals surface area (Å²) in [4.78, 5) is 2.43. The van der Waals surface area contributed by atoms with Crippen LogP contribution in [0.5, 0.6) is 0 Å². The fourth-order valence-corrected chi connectivity index (χ4v) is 9.37. The van der Waals surface area contributed by atoms with Gasteiger partial charge in [-0.3, -0.25) is 0 Å². The van der Waals surface area contributed by atoms with Gasteiger partial charge in [-0.15, -0.1) is 0 Å². The van der Waals surface area contributed by atoms with Crippen LogP contribution in [0.1, 0.15) is 25.0 Å². The molecule has 0 spiro atoms. The van der Waals surface area contributed by atoms with E-state index in [9.17, 15) is 0 Å². The van der Waals surface area contributed by atoms with Gasteiger partial charge in [0.2, 0.25) is 0 Å². The van der Waals surface area contributed by atoms with Crippen LogP contribution in [0.25, 0.3) is 76.5 Å². The molecule has 0 radical (unpaired) electrons. The Labute approximate surface area is 327 Å². The van der Waals surface area contributed by atoms with Crippen molar-refractivity contribution in [1.82, 2.24) is 0 Å². The highest BCUT2D eigenvalue weighted by Gasteiger charge is 2.35. The zero-order valence-electron chi connectivity index (χ0n) is 31.5. The van der Waals surface area contributed by atoms with E-state index in [0.29, 0.717) is 0 Å².